The molecule has 3 nitrogen and oxygen atoms in total. The molecule has 5 heteroatoms. The van der Waals surface area contributed by atoms with Crippen LogP contribution in [0.4, 0.5) is 0 Å². The first-order chi connectivity index (χ1) is 8.75. The Labute approximate surface area is 117 Å². The highest BCUT2D eigenvalue weighted by Gasteiger charge is 2.04. The number of ether oxygens (including phenoxy) is 1. The molecule has 1 aliphatic heterocycles. The lowest BCUT2D eigenvalue weighted by Gasteiger charge is -2.14. The Kier molecular flexibility index (Phi) is 5.02. The first kappa shape index (κ1) is 13.4. The van der Waals surface area contributed by atoms with E-state index in [9.17, 15) is 0 Å². The van der Waals surface area contributed by atoms with Crippen molar-refractivity contribution in [3.05, 3.63) is 40.6 Å². The van der Waals surface area contributed by atoms with Gasteiger partial charge in [-0.2, -0.15) is 0 Å². The molecule has 1 aliphatic rings. The summed E-state index contributed by atoms with van der Waals surface area (Å²) in [5, 5.41) is 4.33. The van der Waals surface area contributed by atoms with E-state index in [4.69, 9.17) is 27.9 Å². The number of benzene rings is 1. The summed E-state index contributed by atoms with van der Waals surface area (Å²) in [6, 6.07) is 5.28. The first-order valence-electron chi connectivity index (χ1n) is 5.98. The standard InChI is InChI=1S/C13H16Cl2N2O/c14-11-3-4-13(12(15)9-11)18-8-2-1-6-17-7-5-16-10-17/h3-5,7,9,16H,1-2,6,8,10H2. The van der Waals surface area contributed by atoms with Crippen LogP contribution in [-0.2, 0) is 0 Å². The van der Waals surface area contributed by atoms with Crippen molar-refractivity contribution in [3.8, 4) is 5.75 Å². The summed E-state index contributed by atoms with van der Waals surface area (Å²) in [5.74, 6) is 0.698. The molecule has 0 bridgehead atoms. The second-order valence-corrected chi connectivity index (χ2v) is 4.96. The van der Waals surface area contributed by atoms with Crippen LogP contribution in [0.25, 0.3) is 0 Å². The summed E-state index contributed by atoms with van der Waals surface area (Å²) in [5.41, 5.74) is 0. The Morgan fingerprint density at radius 3 is 2.89 bits per heavy atom. The van der Waals surface area contributed by atoms with Gasteiger partial charge in [0, 0.05) is 24.0 Å². The fourth-order valence-corrected chi connectivity index (χ4v) is 2.19. The highest BCUT2D eigenvalue weighted by atomic mass is 35.5. The Balaban J connectivity index is 1.64. The monoisotopic (exact) mass is 286 g/mol. The Morgan fingerprint density at radius 2 is 2.17 bits per heavy atom. The number of rotatable bonds is 6. The molecule has 0 spiro atoms. The molecule has 0 amide bonds. The van der Waals surface area contributed by atoms with Crippen molar-refractivity contribution in [1.82, 2.24) is 10.2 Å². The fraction of sp³-hybridized carbons (Fsp3) is 0.385. The summed E-state index contributed by atoms with van der Waals surface area (Å²) in [7, 11) is 0. The topological polar surface area (TPSA) is 24.5 Å². The van der Waals surface area contributed by atoms with Gasteiger partial charge in [-0.05, 0) is 31.0 Å². The zero-order valence-electron chi connectivity index (χ0n) is 10.0. The lowest BCUT2D eigenvalue weighted by Crippen LogP contribution is -2.21. The maximum Gasteiger partial charge on any atom is 0.137 e. The lowest BCUT2D eigenvalue weighted by atomic mass is 10.3. The third kappa shape index (κ3) is 4.00. The number of halogens is 2. The van der Waals surface area contributed by atoms with Crippen LogP contribution in [0.15, 0.2) is 30.6 Å². The minimum atomic E-state index is 0.564. The van der Waals surface area contributed by atoms with Gasteiger partial charge >= 0.3 is 0 Å². The fourth-order valence-electron chi connectivity index (χ4n) is 1.73. The molecule has 0 atom stereocenters. The largest absolute Gasteiger partial charge is 0.492 e. The quantitative estimate of drug-likeness (QED) is 0.811. The van der Waals surface area contributed by atoms with E-state index < -0.39 is 0 Å². The van der Waals surface area contributed by atoms with Crippen LogP contribution in [0.1, 0.15) is 12.8 Å². The molecule has 1 heterocycles. The van der Waals surface area contributed by atoms with Crippen LogP contribution in [0, 0.1) is 0 Å². The van der Waals surface area contributed by atoms with Gasteiger partial charge in [0.05, 0.1) is 18.3 Å². The van der Waals surface area contributed by atoms with Crippen molar-refractivity contribution >= 4 is 23.2 Å². The van der Waals surface area contributed by atoms with Gasteiger partial charge in [-0.25, -0.2) is 0 Å². The van der Waals surface area contributed by atoms with Gasteiger partial charge < -0.3 is 15.0 Å². The predicted molar refractivity (Wildman–Crippen MR) is 75.0 cm³/mol. The molecule has 0 saturated heterocycles. The third-order valence-corrected chi connectivity index (χ3v) is 3.22. The first-order valence-corrected chi connectivity index (χ1v) is 6.73. The van der Waals surface area contributed by atoms with Crippen LogP contribution < -0.4 is 10.1 Å². The average Bonchev–Trinajstić information content (AvgIpc) is 2.84. The molecule has 0 aromatic heterocycles. The number of unbranched alkanes of at least 4 members (excludes halogenated alkanes) is 1. The van der Waals surface area contributed by atoms with Crippen LogP contribution in [0.3, 0.4) is 0 Å². The Hall–Kier alpha value is -1.06. The van der Waals surface area contributed by atoms with Crippen LogP contribution >= 0.6 is 23.2 Å². The smallest absolute Gasteiger partial charge is 0.137 e. The van der Waals surface area contributed by atoms with Gasteiger partial charge in [0.1, 0.15) is 5.75 Å². The third-order valence-electron chi connectivity index (χ3n) is 2.69. The van der Waals surface area contributed by atoms with Crippen LogP contribution in [-0.4, -0.2) is 24.7 Å². The summed E-state index contributed by atoms with van der Waals surface area (Å²) in [6.45, 7) is 2.62. The highest BCUT2D eigenvalue weighted by molar-refractivity contribution is 6.35. The summed E-state index contributed by atoms with van der Waals surface area (Å²) in [4.78, 5) is 2.23. The maximum atomic E-state index is 6.01. The zero-order chi connectivity index (χ0) is 12.8. The molecular weight excluding hydrogens is 271 g/mol. The van der Waals surface area contributed by atoms with Gasteiger partial charge in [-0.3, -0.25) is 0 Å². The van der Waals surface area contributed by atoms with Crippen molar-refractivity contribution in [3.63, 3.8) is 0 Å². The number of nitrogens with zero attached hydrogens (tertiary/aromatic N) is 1. The van der Waals surface area contributed by atoms with E-state index in [2.05, 4.69) is 16.4 Å². The van der Waals surface area contributed by atoms with Crippen molar-refractivity contribution in [1.29, 1.82) is 0 Å². The van der Waals surface area contributed by atoms with E-state index in [0.717, 1.165) is 26.1 Å². The van der Waals surface area contributed by atoms with Crippen molar-refractivity contribution < 1.29 is 4.74 Å². The van der Waals surface area contributed by atoms with E-state index in [0.29, 0.717) is 22.4 Å². The summed E-state index contributed by atoms with van der Waals surface area (Å²) >= 11 is 11.8. The molecule has 2 rings (SSSR count). The van der Waals surface area contributed by atoms with Crippen LogP contribution in [0.2, 0.25) is 10.0 Å². The second kappa shape index (κ2) is 6.76. The van der Waals surface area contributed by atoms with E-state index in [1.807, 2.05) is 6.20 Å². The molecule has 1 N–H and O–H groups in total. The minimum absolute atomic E-state index is 0.564. The van der Waals surface area contributed by atoms with Gasteiger partial charge in [0.2, 0.25) is 0 Å². The molecule has 1 aromatic rings. The maximum absolute atomic E-state index is 6.01. The molecule has 0 saturated carbocycles. The average molecular weight is 287 g/mol. The van der Waals surface area contributed by atoms with Gasteiger partial charge in [0.15, 0.2) is 0 Å². The van der Waals surface area contributed by atoms with E-state index in [-0.39, 0.29) is 0 Å². The Bertz CT molecular complexity index is 423. The van der Waals surface area contributed by atoms with Crippen LogP contribution in [0.5, 0.6) is 5.75 Å². The summed E-state index contributed by atoms with van der Waals surface area (Å²) in [6.07, 6.45) is 6.13. The predicted octanol–water partition coefficient (Wildman–Crippen LogP) is 3.49. The second-order valence-electron chi connectivity index (χ2n) is 4.12. The molecule has 0 radical (unpaired) electrons. The molecule has 18 heavy (non-hydrogen) atoms. The molecule has 98 valence electrons. The van der Waals surface area contributed by atoms with E-state index in [1.165, 1.54) is 0 Å². The molecule has 0 unspecified atom stereocenters. The molecule has 1 aromatic carbocycles. The lowest BCUT2D eigenvalue weighted by molar-refractivity contribution is 0.292. The molecule has 0 fully saturated rings. The van der Waals surface area contributed by atoms with E-state index >= 15 is 0 Å². The molecule has 0 aliphatic carbocycles. The van der Waals surface area contributed by atoms with Crippen molar-refractivity contribution in [2.45, 2.75) is 12.8 Å². The zero-order valence-corrected chi connectivity index (χ0v) is 11.5. The number of hydrogen-bond donors (Lipinski definition) is 1. The van der Waals surface area contributed by atoms with Gasteiger partial charge in [0.25, 0.3) is 0 Å². The normalized spacial score (nSPS) is 13.8. The van der Waals surface area contributed by atoms with Crippen molar-refractivity contribution in [2.24, 2.45) is 0 Å². The SMILES string of the molecule is Clc1ccc(OCCCCN2C=CNC2)c(Cl)c1. The number of nitrogens with one attached hydrogen (secondary N) is 1. The van der Waals surface area contributed by atoms with Gasteiger partial charge in [-0.1, -0.05) is 23.2 Å². The molecular formula is C13H16Cl2N2O. The highest BCUT2D eigenvalue weighted by Crippen LogP contribution is 2.27. The minimum Gasteiger partial charge on any atom is -0.492 e. The Morgan fingerprint density at radius 1 is 1.28 bits per heavy atom. The van der Waals surface area contributed by atoms with Gasteiger partial charge in [-0.15, -0.1) is 0 Å². The number of hydrogen-bond acceptors (Lipinski definition) is 3. The summed E-state index contributed by atoms with van der Waals surface area (Å²) < 4.78 is 5.61. The van der Waals surface area contributed by atoms with E-state index in [1.54, 1.807) is 18.2 Å². The van der Waals surface area contributed by atoms with Crippen molar-refractivity contribution in [2.75, 3.05) is 19.8 Å².